The molecular formula is C38H46FN5OS2. The van der Waals surface area contributed by atoms with Crippen molar-refractivity contribution in [1.82, 2.24) is 9.97 Å². The van der Waals surface area contributed by atoms with Crippen LogP contribution in [0.2, 0.25) is 0 Å². The molecule has 2 aromatic carbocycles. The van der Waals surface area contributed by atoms with Gasteiger partial charge in [0.1, 0.15) is 23.6 Å². The van der Waals surface area contributed by atoms with Crippen molar-refractivity contribution in [3.8, 4) is 0 Å². The van der Waals surface area contributed by atoms with Crippen molar-refractivity contribution in [2.75, 3.05) is 18.6 Å². The molecule has 0 amide bonds. The van der Waals surface area contributed by atoms with Gasteiger partial charge in [0.2, 0.25) is 0 Å². The maximum absolute atomic E-state index is 15.7. The van der Waals surface area contributed by atoms with E-state index in [0.29, 0.717) is 28.7 Å². The summed E-state index contributed by atoms with van der Waals surface area (Å²) in [5.74, 6) is 2.55. The quantitative estimate of drug-likeness (QED) is 0.212. The van der Waals surface area contributed by atoms with Gasteiger partial charge in [-0.3, -0.25) is 9.98 Å². The summed E-state index contributed by atoms with van der Waals surface area (Å²) < 4.78 is 15.7. The lowest BCUT2D eigenvalue weighted by atomic mass is 9.74. The van der Waals surface area contributed by atoms with Crippen LogP contribution in [-0.2, 0) is 23.1 Å². The number of fused-ring (bicyclic) bond motifs is 5. The molecule has 1 aliphatic rings. The maximum Gasteiger partial charge on any atom is 0.175 e. The number of carbonyl (C=O) groups excluding carboxylic acids is 1. The summed E-state index contributed by atoms with van der Waals surface area (Å²) in [5, 5.41) is 1.06. The number of aldehydes is 1. The molecule has 0 unspecified atom stereocenters. The van der Waals surface area contributed by atoms with Crippen LogP contribution in [0.5, 0.6) is 0 Å². The highest BCUT2D eigenvalue weighted by Crippen LogP contribution is 2.39. The molecule has 2 aromatic heterocycles. The van der Waals surface area contributed by atoms with E-state index in [4.69, 9.17) is 10.7 Å². The van der Waals surface area contributed by atoms with Crippen LogP contribution in [0.1, 0.15) is 76.3 Å². The molecular weight excluding hydrogens is 626 g/mol. The zero-order valence-corrected chi connectivity index (χ0v) is 30.0. The monoisotopic (exact) mass is 671 g/mol. The fourth-order valence-corrected chi connectivity index (χ4v) is 8.50. The lowest BCUT2D eigenvalue weighted by Crippen LogP contribution is -2.40. The van der Waals surface area contributed by atoms with Gasteiger partial charge in [-0.15, -0.1) is 0 Å². The number of hydrogen-bond acceptors (Lipinski definition) is 6. The van der Waals surface area contributed by atoms with Crippen molar-refractivity contribution in [3.05, 3.63) is 89.1 Å². The molecule has 1 atom stereocenters. The van der Waals surface area contributed by atoms with Gasteiger partial charge in [-0.2, -0.15) is 11.8 Å². The molecule has 0 spiro atoms. The number of halogens is 1. The number of aliphatic imine (C=N–C) groups is 2. The molecule has 3 N–H and O–H groups in total. The number of aromatic nitrogens is 2. The average Bonchev–Trinajstić information content (AvgIpc) is 3.50. The lowest BCUT2D eigenvalue weighted by Gasteiger charge is -2.33. The van der Waals surface area contributed by atoms with E-state index in [-0.39, 0.29) is 11.2 Å². The molecule has 47 heavy (non-hydrogen) atoms. The van der Waals surface area contributed by atoms with Crippen LogP contribution in [0, 0.1) is 16.6 Å². The molecule has 5 rings (SSSR count). The highest BCUT2D eigenvalue weighted by Gasteiger charge is 2.33. The SMILES string of the molecule is CN=C1N=C(N)[C@@](C)(c2cccc(CC(C)(C)C=O)c2)CCCC(C)(C)CSCCc2c(c(F)cc3[nH]ccc23)Sc2ccnc1c2. The Balaban J connectivity index is 1.59. The van der Waals surface area contributed by atoms with Gasteiger partial charge in [0.15, 0.2) is 5.84 Å². The van der Waals surface area contributed by atoms with E-state index in [1.54, 1.807) is 19.3 Å². The number of thioether (sulfide) groups is 1. The Morgan fingerprint density at radius 3 is 2.70 bits per heavy atom. The van der Waals surface area contributed by atoms with E-state index in [1.165, 1.54) is 11.8 Å². The summed E-state index contributed by atoms with van der Waals surface area (Å²) >= 11 is 3.34. The van der Waals surface area contributed by atoms with Gasteiger partial charge in [0.05, 0.1) is 4.90 Å². The van der Waals surface area contributed by atoms with Gasteiger partial charge in [-0.1, -0.05) is 70.1 Å². The largest absolute Gasteiger partial charge is 0.386 e. The molecule has 0 radical (unpaired) electrons. The minimum Gasteiger partial charge on any atom is -0.386 e. The third-order valence-electron chi connectivity index (χ3n) is 9.11. The van der Waals surface area contributed by atoms with Gasteiger partial charge in [-0.05, 0) is 90.5 Å². The first kappa shape index (κ1) is 34.9. The van der Waals surface area contributed by atoms with Gasteiger partial charge in [0, 0.05) is 46.1 Å². The molecule has 248 valence electrons. The van der Waals surface area contributed by atoms with Crippen LogP contribution in [0.15, 0.2) is 80.7 Å². The number of nitrogens with zero attached hydrogens (tertiary/aromatic N) is 3. The number of H-pyrrole nitrogens is 1. The van der Waals surface area contributed by atoms with Crippen molar-refractivity contribution >= 4 is 52.4 Å². The van der Waals surface area contributed by atoms with E-state index >= 15 is 4.39 Å². The van der Waals surface area contributed by atoms with Gasteiger partial charge < -0.3 is 15.5 Å². The van der Waals surface area contributed by atoms with E-state index < -0.39 is 10.8 Å². The first-order valence-corrected chi connectivity index (χ1v) is 18.2. The third-order valence-corrected chi connectivity index (χ3v) is 11.7. The average molecular weight is 672 g/mol. The number of pyridine rings is 1. The predicted molar refractivity (Wildman–Crippen MR) is 197 cm³/mol. The van der Waals surface area contributed by atoms with E-state index in [9.17, 15) is 4.79 Å². The molecule has 0 aliphatic carbocycles. The Hall–Kier alpha value is -3.43. The van der Waals surface area contributed by atoms with Crippen molar-refractivity contribution in [2.24, 2.45) is 26.5 Å². The van der Waals surface area contributed by atoms with Crippen molar-refractivity contribution in [1.29, 1.82) is 0 Å². The number of amidine groups is 2. The zero-order chi connectivity index (χ0) is 33.8. The number of nitrogens with one attached hydrogen (secondary N) is 1. The summed E-state index contributed by atoms with van der Waals surface area (Å²) in [6, 6.07) is 15.8. The van der Waals surface area contributed by atoms with Gasteiger partial charge >= 0.3 is 0 Å². The molecule has 0 fully saturated rings. The topological polar surface area (TPSA) is 96.5 Å². The first-order valence-electron chi connectivity index (χ1n) is 16.2. The fraction of sp³-hybridized carbons (Fsp3) is 0.421. The number of aromatic amines is 1. The summed E-state index contributed by atoms with van der Waals surface area (Å²) in [6.07, 6.45) is 8.79. The molecule has 3 heterocycles. The Kier molecular flexibility index (Phi) is 10.7. The zero-order valence-electron chi connectivity index (χ0n) is 28.3. The summed E-state index contributed by atoms with van der Waals surface area (Å²) in [6.45, 7) is 10.7. The molecule has 0 saturated heterocycles. The second-order valence-electron chi connectivity index (χ2n) is 14.3. The molecule has 4 aromatic rings. The predicted octanol–water partition coefficient (Wildman–Crippen LogP) is 8.80. The highest BCUT2D eigenvalue weighted by molar-refractivity contribution is 7.99. The van der Waals surface area contributed by atoms with Gasteiger partial charge in [-0.25, -0.2) is 9.38 Å². The second-order valence-corrected chi connectivity index (χ2v) is 16.5. The summed E-state index contributed by atoms with van der Waals surface area (Å²) in [7, 11) is 1.69. The number of nitrogens with two attached hydrogens (primary N) is 1. The van der Waals surface area contributed by atoms with E-state index in [0.717, 1.165) is 76.0 Å². The molecule has 1 aliphatic heterocycles. The van der Waals surface area contributed by atoms with E-state index in [2.05, 4.69) is 53.9 Å². The number of aryl methyl sites for hydroxylation is 1. The molecule has 6 nitrogen and oxygen atoms in total. The summed E-state index contributed by atoms with van der Waals surface area (Å²) in [5.41, 5.74) is 10.6. The molecule has 2 bridgehead atoms. The van der Waals surface area contributed by atoms with Crippen LogP contribution in [-0.4, -0.2) is 46.5 Å². The number of hydrogen-bond donors (Lipinski definition) is 2. The number of rotatable bonds is 4. The van der Waals surface area contributed by atoms with E-state index in [1.807, 2.05) is 56.1 Å². The standard InChI is InChI=1S/C38H46FN5OS2/c1-36(2)14-8-15-38(5,26-10-7-9-25(19-26)22-37(3,4)23-45)35(40)44-34(41-6)32-20-27(11-16-43-32)47-33-29(13-18-46-24-36)28-12-17-42-31(28)21-30(33)39/h7,9-12,16-17,19-21,23,42H,8,13-15,18,22,24H2,1-6H3,(H2,40,41,44)/t38-/m1/s1. The summed E-state index contributed by atoms with van der Waals surface area (Å²) in [4.78, 5) is 30.5. The van der Waals surface area contributed by atoms with Gasteiger partial charge in [0.25, 0.3) is 0 Å². The highest BCUT2D eigenvalue weighted by atomic mass is 32.2. The first-order chi connectivity index (χ1) is 22.3. The normalized spacial score (nSPS) is 20.7. The van der Waals surface area contributed by atoms with Crippen LogP contribution >= 0.6 is 23.5 Å². The molecule has 9 heteroatoms. The lowest BCUT2D eigenvalue weighted by molar-refractivity contribution is -0.114. The Labute approximate surface area is 286 Å². The minimum atomic E-state index is -0.581. The number of carbonyl (C=O) groups is 1. The fourth-order valence-electron chi connectivity index (χ4n) is 6.28. The Morgan fingerprint density at radius 1 is 1.13 bits per heavy atom. The smallest absolute Gasteiger partial charge is 0.175 e. The van der Waals surface area contributed by atoms with Crippen LogP contribution in [0.3, 0.4) is 0 Å². The Bertz CT molecular complexity index is 1810. The van der Waals surface area contributed by atoms with Crippen LogP contribution in [0.4, 0.5) is 4.39 Å². The molecule has 0 saturated carbocycles. The van der Waals surface area contributed by atoms with Crippen molar-refractivity contribution < 1.29 is 9.18 Å². The Morgan fingerprint density at radius 2 is 1.94 bits per heavy atom. The van der Waals surface area contributed by atoms with Crippen LogP contribution in [0.25, 0.3) is 10.9 Å². The minimum absolute atomic E-state index is 0.0963. The number of benzene rings is 2. The van der Waals surface area contributed by atoms with Crippen LogP contribution < -0.4 is 5.73 Å². The van der Waals surface area contributed by atoms with Crippen molar-refractivity contribution in [3.63, 3.8) is 0 Å². The van der Waals surface area contributed by atoms with Crippen molar-refractivity contribution in [2.45, 2.75) is 81.9 Å². The second kappa shape index (κ2) is 14.4. The third kappa shape index (κ3) is 8.18. The maximum atomic E-state index is 15.7.